The van der Waals surface area contributed by atoms with Gasteiger partial charge in [-0.3, -0.25) is 0 Å². The largest absolute Gasteiger partial charge is 0.456 e. The van der Waals surface area contributed by atoms with Crippen LogP contribution in [0.1, 0.15) is 6.85 Å². The number of benzene rings is 7. The summed E-state index contributed by atoms with van der Waals surface area (Å²) in [6.07, 6.45) is 0. The highest BCUT2D eigenvalue weighted by atomic mass is 16.3. The molecule has 0 aliphatic rings. The molecule has 0 radical (unpaired) electrons. The molecule has 2 heterocycles. The lowest BCUT2D eigenvalue weighted by molar-refractivity contribution is 0.669. The Morgan fingerprint density at radius 3 is 1.57 bits per heavy atom. The fraction of sp³-hybridized carbons (Fsp3) is 0. The van der Waals surface area contributed by atoms with E-state index in [0.29, 0.717) is 28.4 Å². The molecular formula is C45H29N3O. The lowest BCUT2D eigenvalue weighted by Crippen LogP contribution is -2.00. The molecule has 0 spiro atoms. The van der Waals surface area contributed by atoms with Crippen LogP contribution in [0.3, 0.4) is 0 Å². The molecule has 4 nitrogen and oxygen atoms in total. The first kappa shape index (κ1) is 23.6. The van der Waals surface area contributed by atoms with Gasteiger partial charge in [-0.25, -0.2) is 15.0 Å². The molecular weight excluding hydrogens is 599 g/mol. The Morgan fingerprint density at radius 2 is 0.857 bits per heavy atom. The zero-order valence-electron chi connectivity index (χ0n) is 31.1. The first-order valence-corrected chi connectivity index (χ1v) is 15.9. The molecule has 2 aromatic heterocycles. The van der Waals surface area contributed by atoms with E-state index >= 15 is 0 Å². The summed E-state index contributed by atoms with van der Waals surface area (Å²) < 4.78 is 48.4. The maximum atomic E-state index is 8.67. The summed E-state index contributed by atoms with van der Waals surface area (Å²) >= 11 is 0. The highest BCUT2D eigenvalue weighted by Crippen LogP contribution is 2.36. The average molecular weight is 633 g/mol. The van der Waals surface area contributed by atoms with Gasteiger partial charge in [-0.05, 0) is 69.8 Å². The van der Waals surface area contributed by atoms with Crippen molar-refractivity contribution in [2.75, 3.05) is 0 Å². The van der Waals surface area contributed by atoms with Crippen molar-refractivity contribution in [1.29, 1.82) is 0 Å². The van der Waals surface area contributed by atoms with E-state index in [-0.39, 0.29) is 23.5 Å². The first-order chi connectivity index (χ1) is 26.3. The molecule has 0 unspecified atom stereocenters. The van der Waals surface area contributed by atoms with Gasteiger partial charge in [0, 0.05) is 27.5 Å². The van der Waals surface area contributed by atoms with Gasteiger partial charge in [0.15, 0.2) is 17.5 Å². The van der Waals surface area contributed by atoms with Crippen LogP contribution in [0, 0.1) is 0 Å². The number of aromatic nitrogens is 3. The van der Waals surface area contributed by atoms with Crippen molar-refractivity contribution < 1.29 is 11.3 Å². The van der Waals surface area contributed by atoms with Crippen LogP contribution in [-0.4, -0.2) is 15.0 Å². The van der Waals surface area contributed by atoms with E-state index in [0.717, 1.165) is 49.7 Å². The second-order valence-electron chi connectivity index (χ2n) is 11.7. The number of hydrogen-bond acceptors (Lipinski definition) is 4. The Labute approximate surface area is 291 Å². The topological polar surface area (TPSA) is 51.8 Å². The third-order valence-corrected chi connectivity index (χ3v) is 8.64. The number of rotatable bonds is 6. The van der Waals surface area contributed by atoms with E-state index in [2.05, 4.69) is 54.6 Å². The van der Waals surface area contributed by atoms with E-state index < -0.39 is 18.1 Å². The van der Waals surface area contributed by atoms with Crippen molar-refractivity contribution >= 4 is 21.9 Å². The van der Waals surface area contributed by atoms with Crippen LogP contribution in [0.5, 0.6) is 0 Å². The van der Waals surface area contributed by atoms with Crippen LogP contribution in [0.4, 0.5) is 0 Å². The van der Waals surface area contributed by atoms with Crippen molar-refractivity contribution in [2.24, 2.45) is 0 Å². The molecule has 9 aromatic rings. The maximum Gasteiger partial charge on any atom is 0.164 e. The molecule has 230 valence electrons. The van der Waals surface area contributed by atoms with Crippen LogP contribution in [0.15, 0.2) is 180 Å². The van der Waals surface area contributed by atoms with Crippen LogP contribution < -0.4 is 0 Å². The normalized spacial score (nSPS) is 12.7. The number of nitrogens with zero attached hydrogens (tertiary/aromatic N) is 3. The Hall–Kier alpha value is -6.65. The van der Waals surface area contributed by atoms with Gasteiger partial charge in [-0.15, -0.1) is 0 Å². The van der Waals surface area contributed by atoms with Crippen molar-refractivity contribution in [1.82, 2.24) is 15.0 Å². The van der Waals surface area contributed by atoms with Gasteiger partial charge in [0.25, 0.3) is 0 Å². The SMILES string of the molecule is [2H]c1c([2H])c([2H])c(-c2nc(-c3ccc(-c4ccccc4)cc3)nc(-c3ccc4oc5cc(-c6cccc(-c7ccccc7)c6)ccc5c4c3)n2)c([2H])c1[2H]. The van der Waals surface area contributed by atoms with Crippen molar-refractivity contribution in [2.45, 2.75) is 0 Å². The van der Waals surface area contributed by atoms with Crippen molar-refractivity contribution in [3.8, 4) is 67.5 Å². The van der Waals surface area contributed by atoms with E-state index in [1.54, 1.807) is 0 Å². The van der Waals surface area contributed by atoms with Crippen molar-refractivity contribution in [3.63, 3.8) is 0 Å². The summed E-state index contributed by atoms with van der Waals surface area (Å²) in [4.78, 5) is 14.3. The van der Waals surface area contributed by atoms with Gasteiger partial charge in [0.1, 0.15) is 11.2 Å². The Bertz CT molecular complexity index is 2850. The van der Waals surface area contributed by atoms with E-state index in [4.69, 9.17) is 26.2 Å². The first-order valence-electron chi connectivity index (χ1n) is 18.4. The second kappa shape index (κ2) is 12.2. The van der Waals surface area contributed by atoms with Crippen LogP contribution in [0.25, 0.3) is 89.5 Å². The zero-order chi connectivity index (χ0) is 36.9. The molecule has 0 aliphatic heterocycles. The van der Waals surface area contributed by atoms with Crippen LogP contribution in [0.2, 0.25) is 0 Å². The predicted molar refractivity (Wildman–Crippen MR) is 200 cm³/mol. The average Bonchev–Trinajstić information content (AvgIpc) is 3.60. The molecule has 0 atom stereocenters. The quantitative estimate of drug-likeness (QED) is 0.183. The van der Waals surface area contributed by atoms with E-state index in [9.17, 15) is 0 Å². The Balaban J connectivity index is 1.16. The summed E-state index contributed by atoms with van der Waals surface area (Å²) in [5.74, 6) is 0.583. The number of hydrogen-bond donors (Lipinski definition) is 0. The van der Waals surface area contributed by atoms with Crippen molar-refractivity contribution in [3.05, 3.63) is 176 Å². The van der Waals surface area contributed by atoms with E-state index in [1.807, 2.05) is 91.0 Å². The summed E-state index contributed by atoms with van der Waals surface area (Å²) in [5, 5.41) is 1.79. The molecule has 0 amide bonds. The molecule has 7 aromatic carbocycles. The zero-order valence-corrected chi connectivity index (χ0v) is 26.1. The molecule has 0 saturated heterocycles. The lowest BCUT2D eigenvalue weighted by atomic mass is 9.98. The third-order valence-electron chi connectivity index (χ3n) is 8.64. The van der Waals surface area contributed by atoms with Crippen LogP contribution >= 0.6 is 0 Å². The minimum absolute atomic E-state index is 0.0151. The number of fused-ring (bicyclic) bond motifs is 3. The van der Waals surface area contributed by atoms with Gasteiger partial charge in [0.05, 0.1) is 6.85 Å². The minimum Gasteiger partial charge on any atom is -0.456 e. The molecule has 9 rings (SSSR count). The van der Waals surface area contributed by atoms with E-state index in [1.165, 1.54) is 0 Å². The van der Waals surface area contributed by atoms with Gasteiger partial charge < -0.3 is 4.42 Å². The van der Waals surface area contributed by atoms with Gasteiger partial charge in [0.2, 0.25) is 0 Å². The highest BCUT2D eigenvalue weighted by Gasteiger charge is 2.15. The molecule has 4 heteroatoms. The number of furan rings is 1. The maximum absolute atomic E-state index is 8.67. The summed E-state index contributed by atoms with van der Waals surface area (Å²) in [6.45, 7) is 0. The van der Waals surface area contributed by atoms with Gasteiger partial charge in [-0.1, -0.05) is 139 Å². The van der Waals surface area contributed by atoms with Gasteiger partial charge >= 0.3 is 0 Å². The molecule has 0 fully saturated rings. The fourth-order valence-corrected chi connectivity index (χ4v) is 6.15. The minimum atomic E-state index is -0.482. The second-order valence-corrected chi connectivity index (χ2v) is 11.7. The molecule has 0 bridgehead atoms. The Morgan fingerprint density at radius 1 is 0.347 bits per heavy atom. The smallest absolute Gasteiger partial charge is 0.164 e. The third kappa shape index (κ3) is 5.56. The van der Waals surface area contributed by atoms with Gasteiger partial charge in [-0.2, -0.15) is 0 Å². The lowest BCUT2D eigenvalue weighted by Gasteiger charge is -2.09. The molecule has 0 saturated carbocycles. The molecule has 0 N–H and O–H groups in total. The highest BCUT2D eigenvalue weighted by molar-refractivity contribution is 6.07. The molecule has 49 heavy (non-hydrogen) atoms. The standard InChI is InChI=1S/C45H29N3O/c1-4-11-30(12-5-1)32-19-21-34(22-20-32)44-46-43(33-15-8-3-9-16-33)47-45(48-44)38-24-26-41-40(28-38)39-25-23-37(29-42(39)49-41)36-18-10-17-35(27-36)31-13-6-2-7-14-31/h1-29H/i3D,8D,9D,15D,16D. The summed E-state index contributed by atoms with van der Waals surface area (Å²) in [7, 11) is 0. The molecule has 0 aliphatic carbocycles. The fourth-order valence-electron chi connectivity index (χ4n) is 6.15. The predicted octanol–water partition coefficient (Wildman–Crippen LogP) is 11.8. The Kier molecular flexibility index (Phi) is 5.87. The van der Waals surface area contributed by atoms with Crippen LogP contribution in [-0.2, 0) is 0 Å². The summed E-state index contributed by atoms with van der Waals surface area (Å²) in [5.41, 5.74) is 9.15. The monoisotopic (exact) mass is 632 g/mol. The summed E-state index contributed by atoms with van der Waals surface area (Å²) in [6, 6.07) is 46.2.